The van der Waals surface area contributed by atoms with Crippen LogP contribution in [-0.4, -0.2) is 20.6 Å². The maximum absolute atomic E-state index is 12.7. The number of rotatable bonds is 3. The van der Waals surface area contributed by atoms with Gasteiger partial charge in [-0.15, -0.1) is 0 Å². The lowest BCUT2D eigenvalue weighted by Gasteiger charge is -2.17. The summed E-state index contributed by atoms with van der Waals surface area (Å²) in [4.78, 5) is 28.6. The fourth-order valence-electron chi connectivity index (χ4n) is 3.72. The molecule has 0 spiro atoms. The number of pyridine rings is 2. The van der Waals surface area contributed by atoms with E-state index in [9.17, 15) is 14.7 Å². The van der Waals surface area contributed by atoms with Crippen molar-refractivity contribution in [1.29, 1.82) is 0 Å². The SMILES string of the molecule is Cc1cc(-c2ccc3c(=O)c(C(=O)O)cn(C4CC4)c3c2C)cc(C)n1. The van der Waals surface area contributed by atoms with Gasteiger partial charge in [-0.3, -0.25) is 9.78 Å². The monoisotopic (exact) mass is 348 g/mol. The Morgan fingerprint density at radius 3 is 2.38 bits per heavy atom. The number of fused-ring (bicyclic) bond motifs is 1. The Morgan fingerprint density at radius 2 is 1.81 bits per heavy atom. The minimum absolute atomic E-state index is 0.160. The Balaban J connectivity index is 2.06. The van der Waals surface area contributed by atoms with E-state index in [2.05, 4.69) is 4.98 Å². The van der Waals surface area contributed by atoms with Crippen molar-refractivity contribution in [2.45, 2.75) is 39.7 Å². The Labute approximate surface area is 150 Å². The molecule has 1 fully saturated rings. The topological polar surface area (TPSA) is 72.2 Å². The van der Waals surface area contributed by atoms with E-state index in [-0.39, 0.29) is 11.6 Å². The zero-order chi connectivity index (χ0) is 18.6. The molecule has 2 aromatic heterocycles. The van der Waals surface area contributed by atoms with E-state index in [1.807, 2.05) is 43.5 Å². The van der Waals surface area contributed by atoms with E-state index in [1.54, 1.807) is 6.07 Å². The molecule has 4 rings (SSSR count). The number of hydrogen-bond acceptors (Lipinski definition) is 3. The first-order valence-corrected chi connectivity index (χ1v) is 8.74. The molecule has 0 aliphatic heterocycles. The van der Waals surface area contributed by atoms with E-state index in [0.29, 0.717) is 5.39 Å². The van der Waals surface area contributed by atoms with Gasteiger partial charge in [0, 0.05) is 29.0 Å². The van der Waals surface area contributed by atoms with Crippen molar-refractivity contribution >= 4 is 16.9 Å². The number of aryl methyl sites for hydroxylation is 3. The van der Waals surface area contributed by atoms with Crippen LogP contribution in [0.3, 0.4) is 0 Å². The molecule has 26 heavy (non-hydrogen) atoms. The second-order valence-electron chi connectivity index (χ2n) is 7.09. The highest BCUT2D eigenvalue weighted by Crippen LogP contribution is 2.39. The third-order valence-corrected chi connectivity index (χ3v) is 5.01. The molecule has 1 N–H and O–H groups in total. The first-order chi connectivity index (χ1) is 12.4. The van der Waals surface area contributed by atoms with Crippen molar-refractivity contribution in [2.24, 2.45) is 0 Å². The summed E-state index contributed by atoms with van der Waals surface area (Å²) < 4.78 is 1.99. The summed E-state index contributed by atoms with van der Waals surface area (Å²) in [6.45, 7) is 5.93. The Bertz CT molecular complexity index is 1100. The number of carbonyl (C=O) groups is 1. The van der Waals surface area contributed by atoms with E-state index in [1.165, 1.54) is 6.20 Å². The molecule has 1 aliphatic rings. The van der Waals surface area contributed by atoms with Crippen LogP contribution in [0, 0.1) is 20.8 Å². The molecule has 0 bridgehead atoms. The standard InChI is InChI=1S/C21H20N2O3/c1-11-8-14(9-12(2)22-11)16-6-7-17-19(13(16)3)23(15-4-5-15)10-18(20(17)24)21(25)26/h6-10,15H,4-5H2,1-3H3,(H,25,26). The van der Waals surface area contributed by atoms with Crippen LogP contribution in [0.15, 0.2) is 35.3 Å². The van der Waals surface area contributed by atoms with Gasteiger partial charge in [0.25, 0.3) is 0 Å². The maximum atomic E-state index is 12.7. The quantitative estimate of drug-likeness (QED) is 0.776. The predicted octanol–water partition coefficient (Wildman–Crippen LogP) is 4.02. The van der Waals surface area contributed by atoms with Gasteiger partial charge in [0.15, 0.2) is 0 Å². The highest BCUT2D eigenvalue weighted by molar-refractivity contribution is 5.95. The number of benzene rings is 1. The van der Waals surface area contributed by atoms with Gasteiger partial charge >= 0.3 is 5.97 Å². The number of hydrogen-bond donors (Lipinski definition) is 1. The average molecular weight is 348 g/mol. The number of carboxylic acid groups (broad SMARTS) is 1. The number of aromatic nitrogens is 2. The van der Waals surface area contributed by atoms with Gasteiger partial charge in [-0.25, -0.2) is 4.79 Å². The van der Waals surface area contributed by atoms with E-state index < -0.39 is 11.4 Å². The van der Waals surface area contributed by atoms with E-state index in [4.69, 9.17) is 0 Å². The third-order valence-electron chi connectivity index (χ3n) is 5.01. The molecule has 1 aliphatic carbocycles. The lowest BCUT2D eigenvalue weighted by atomic mass is 9.96. The molecule has 5 nitrogen and oxygen atoms in total. The van der Waals surface area contributed by atoms with E-state index in [0.717, 1.165) is 46.4 Å². The second-order valence-corrected chi connectivity index (χ2v) is 7.09. The van der Waals surface area contributed by atoms with Gasteiger partial charge in [0.1, 0.15) is 5.56 Å². The zero-order valence-electron chi connectivity index (χ0n) is 15.0. The molecule has 0 unspecified atom stereocenters. The molecule has 3 aromatic rings. The summed E-state index contributed by atoms with van der Waals surface area (Å²) in [6, 6.07) is 8.01. The molecule has 0 radical (unpaired) electrons. The zero-order valence-corrected chi connectivity index (χ0v) is 15.0. The number of aromatic carboxylic acids is 1. The summed E-state index contributed by atoms with van der Waals surface area (Å²) in [7, 11) is 0. The summed E-state index contributed by atoms with van der Waals surface area (Å²) in [5.41, 5.74) is 5.25. The van der Waals surface area contributed by atoms with Gasteiger partial charge in [-0.05, 0) is 68.5 Å². The first kappa shape index (κ1) is 16.5. The predicted molar refractivity (Wildman–Crippen MR) is 101 cm³/mol. The van der Waals surface area contributed by atoms with Crippen LogP contribution in [0.4, 0.5) is 0 Å². The molecule has 2 heterocycles. The molecule has 1 aromatic carbocycles. The fraction of sp³-hybridized carbons (Fsp3) is 0.286. The average Bonchev–Trinajstić information content (AvgIpc) is 3.39. The molecule has 1 saturated carbocycles. The van der Waals surface area contributed by atoms with Crippen molar-refractivity contribution in [1.82, 2.24) is 9.55 Å². The van der Waals surface area contributed by atoms with Gasteiger partial charge in [-0.2, -0.15) is 0 Å². The number of carboxylic acids is 1. The van der Waals surface area contributed by atoms with Crippen LogP contribution in [0.25, 0.3) is 22.0 Å². The Hall–Kier alpha value is -2.95. The lowest BCUT2D eigenvalue weighted by Crippen LogP contribution is -2.19. The maximum Gasteiger partial charge on any atom is 0.341 e. The molecular weight excluding hydrogens is 328 g/mol. The smallest absolute Gasteiger partial charge is 0.341 e. The van der Waals surface area contributed by atoms with Gasteiger partial charge in [-0.1, -0.05) is 6.07 Å². The minimum atomic E-state index is -1.17. The van der Waals surface area contributed by atoms with Crippen LogP contribution in [0.5, 0.6) is 0 Å². The summed E-state index contributed by atoms with van der Waals surface area (Å²) in [5.74, 6) is -1.17. The molecular formula is C21H20N2O3. The van der Waals surface area contributed by atoms with Crippen molar-refractivity contribution in [3.8, 4) is 11.1 Å². The Morgan fingerprint density at radius 1 is 1.15 bits per heavy atom. The molecule has 0 saturated heterocycles. The second kappa shape index (κ2) is 5.80. The van der Waals surface area contributed by atoms with Crippen molar-refractivity contribution in [3.05, 3.63) is 63.2 Å². The van der Waals surface area contributed by atoms with Crippen LogP contribution >= 0.6 is 0 Å². The molecule has 132 valence electrons. The van der Waals surface area contributed by atoms with Gasteiger partial charge in [0.05, 0.1) is 5.52 Å². The third kappa shape index (κ3) is 2.60. The van der Waals surface area contributed by atoms with Crippen molar-refractivity contribution < 1.29 is 9.90 Å². The van der Waals surface area contributed by atoms with Crippen LogP contribution in [0.2, 0.25) is 0 Å². The van der Waals surface area contributed by atoms with Crippen molar-refractivity contribution in [3.63, 3.8) is 0 Å². The summed E-state index contributed by atoms with van der Waals surface area (Å²) in [5, 5.41) is 9.87. The fourth-order valence-corrected chi connectivity index (χ4v) is 3.72. The first-order valence-electron chi connectivity index (χ1n) is 8.74. The highest BCUT2D eigenvalue weighted by atomic mass is 16.4. The molecule has 0 atom stereocenters. The largest absolute Gasteiger partial charge is 0.477 e. The number of nitrogens with zero attached hydrogens (tertiary/aromatic N) is 2. The van der Waals surface area contributed by atoms with Gasteiger partial charge < -0.3 is 9.67 Å². The van der Waals surface area contributed by atoms with Crippen LogP contribution < -0.4 is 5.43 Å². The van der Waals surface area contributed by atoms with Gasteiger partial charge in [0.2, 0.25) is 5.43 Å². The molecule has 0 amide bonds. The highest BCUT2D eigenvalue weighted by Gasteiger charge is 2.28. The lowest BCUT2D eigenvalue weighted by molar-refractivity contribution is 0.0695. The normalized spacial score (nSPS) is 14.0. The summed E-state index contributed by atoms with van der Waals surface area (Å²) >= 11 is 0. The van der Waals surface area contributed by atoms with Crippen LogP contribution in [0.1, 0.15) is 46.2 Å². The summed E-state index contributed by atoms with van der Waals surface area (Å²) in [6.07, 6.45) is 3.53. The minimum Gasteiger partial charge on any atom is -0.477 e. The Kier molecular flexibility index (Phi) is 3.68. The van der Waals surface area contributed by atoms with E-state index >= 15 is 0 Å². The van der Waals surface area contributed by atoms with Crippen LogP contribution in [-0.2, 0) is 0 Å². The van der Waals surface area contributed by atoms with Crippen molar-refractivity contribution in [2.75, 3.05) is 0 Å². The molecule has 5 heteroatoms.